The summed E-state index contributed by atoms with van der Waals surface area (Å²) in [6.45, 7) is 10.6. The zero-order valence-electron chi connectivity index (χ0n) is 9.91. The summed E-state index contributed by atoms with van der Waals surface area (Å²) >= 11 is 0. The maximum Gasteiger partial charge on any atom is 0.407 e. The summed E-state index contributed by atoms with van der Waals surface area (Å²) < 4.78 is 5.05. The number of carbonyl (C=O) groups is 1. The van der Waals surface area contributed by atoms with Gasteiger partial charge in [-0.2, -0.15) is 0 Å². The normalized spacial score (nSPS) is 15.3. The van der Waals surface area contributed by atoms with Crippen LogP contribution in [0, 0.1) is 0 Å². The molecule has 0 bridgehead atoms. The van der Waals surface area contributed by atoms with E-state index in [0.717, 1.165) is 0 Å². The molecule has 2 N–H and O–H groups in total. The highest BCUT2D eigenvalue weighted by atomic mass is 16.6. The summed E-state index contributed by atoms with van der Waals surface area (Å²) in [5, 5.41) is 12.1. The molecule has 0 aromatic heterocycles. The SMILES string of the molecule is C=CCC(O)C(C)NC(=O)OC(C)(C)C. The van der Waals surface area contributed by atoms with Gasteiger partial charge in [0.25, 0.3) is 0 Å². The minimum Gasteiger partial charge on any atom is -0.444 e. The van der Waals surface area contributed by atoms with Gasteiger partial charge in [0.1, 0.15) is 5.60 Å². The summed E-state index contributed by atoms with van der Waals surface area (Å²) in [6, 6.07) is -0.349. The van der Waals surface area contributed by atoms with Crippen LogP contribution in [0.5, 0.6) is 0 Å². The zero-order chi connectivity index (χ0) is 12.1. The first kappa shape index (κ1) is 14.0. The van der Waals surface area contributed by atoms with Gasteiger partial charge in [0.05, 0.1) is 12.1 Å². The van der Waals surface area contributed by atoms with Gasteiger partial charge in [-0.3, -0.25) is 0 Å². The van der Waals surface area contributed by atoms with E-state index >= 15 is 0 Å². The molecule has 0 spiro atoms. The smallest absolute Gasteiger partial charge is 0.407 e. The van der Waals surface area contributed by atoms with Crippen molar-refractivity contribution in [1.29, 1.82) is 0 Å². The number of hydrogen-bond donors (Lipinski definition) is 2. The van der Waals surface area contributed by atoms with Crippen LogP contribution in [0.15, 0.2) is 12.7 Å². The van der Waals surface area contributed by atoms with Gasteiger partial charge in [-0.15, -0.1) is 6.58 Å². The van der Waals surface area contributed by atoms with E-state index in [2.05, 4.69) is 11.9 Å². The Hall–Kier alpha value is -1.03. The van der Waals surface area contributed by atoms with Gasteiger partial charge in [0.15, 0.2) is 0 Å². The minimum atomic E-state index is -0.630. The van der Waals surface area contributed by atoms with Crippen LogP contribution >= 0.6 is 0 Å². The molecule has 0 aliphatic rings. The molecule has 0 aliphatic carbocycles. The van der Waals surface area contributed by atoms with Gasteiger partial charge in [0.2, 0.25) is 0 Å². The number of carbonyl (C=O) groups excluding carboxylic acids is 1. The summed E-state index contributed by atoms with van der Waals surface area (Å²) in [7, 11) is 0. The number of alkyl carbamates (subject to hydrolysis) is 1. The Morgan fingerprint density at radius 1 is 1.60 bits per heavy atom. The van der Waals surface area contributed by atoms with E-state index in [0.29, 0.717) is 6.42 Å². The first-order valence-electron chi connectivity index (χ1n) is 5.04. The van der Waals surface area contributed by atoms with E-state index < -0.39 is 17.8 Å². The largest absolute Gasteiger partial charge is 0.444 e. The molecule has 2 atom stereocenters. The third kappa shape index (κ3) is 6.96. The average molecular weight is 215 g/mol. The number of hydrogen-bond acceptors (Lipinski definition) is 3. The fourth-order valence-corrected chi connectivity index (χ4v) is 0.965. The summed E-state index contributed by atoms with van der Waals surface area (Å²) in [5.74, 6) is 0. The van der Waals surface area contributed by atoms with Crippen molar-refractivity contribution in [1.82, 2.24) is 5.32 Å². The highest BCUT2D eigenvalue weighted by molar-refractivity contribution is 5.68. The lowest BCUT2D eigenvalue weighted by Gasteiger charge is -2.23. The molecular weight excluding hydrogens is 194 g/mol. The molecule has 0 radical (unpaired) electrons. The molecule has 0 aliphatic heterocycles. The first-order valence-corrected chi connectivity index (χ1v) is 5.04. The van der Waals surface area contributed by atoms with Crippen LogP contribution in [-0.2, 0) is 4.74 Å². The molecule has 0 rings (SSSR count). The van der Waals surface area contributed by atoms with Crippen molar-refractivity contribution in [3.05, 3.63) is 12.7 Å². The van der Waals surface area contributed by atoms with Gasteiger partial charge >= 0.3 is 6.09 Å². The van der Waals surface area contributed by atoms with Crippen molar-refractivity contribution >= 4 is 6.09 Å². The van der Waals surface area contributed by atoms with Gasteiger partial charge in [-0.05, 0) is 34.1 Å². The molecule has 0 fully saturated rings. The number of nitrogens with one attached hydrogen (secondary N) is 1. The Bertz CT molecular complexity index is 220. The number of amides is 1. The lowest BCUT2D eigenvalue weighted by molar-refractivity contribution is 0.0439. The highest BCUT2D eigenvalue weighted by Crippen LogP contribution is 2.07. The van der Waals surface area contributed by atoms with Crippen LogP contribution in [0.25, 0.3) is 0 Å². The third-order valence-electron chi connectivity index (χ3n) is 1.73. The zero-order valence-corrected chi connectivity index (χ0v) is 9.91. The Morgan fingerprint density at radius 2 is 2.13 bits per heavy atom. The van der Waals surface area contributed by atoms with E-state index in [1.807, 2.05) is 0 Å². The van der Waals surface area contributed by atoms with Crippen molar-refractivity contribution in [2.45, 2.75) is 51.9 Å². The molecule has 2 unspecified atom stereocenters. The molecule has 4 heteroatoms. The van der Waals surface area contributed by atoms with Crippen molar-refractivity contribution in [3.63, 3.8) is 0 Å². The van der Waals surface area contributed by atoms with E-state index in [1.54, 1.807) is 33.8 Å². The Morgan fingerprint density at radius 3 is 2.53 bits per heavy atom. The summed E-state index contributed by atoms with van der Waals surface area (Å²) in [5.41, 5.74) is -0.521. The Kier molecular flexibility index (Phi) is 5.36. The molecule has 15 heavy (non-hydrogen) atoms. The second-order valence-corrected chi connectivity index (χ2v) is 4.53. The second-order valence-electron chi connectivity index (χ2n) is 4.53. The van der Waals surface area contributed by atoms with Crippen LogP contribution in [-0.4, -0.2) is 28.9 Å². The average Bonchev–Trinajstić information content (AvgIpc) is 2.00. The fourth-order valence-electron chi connectivity index (χ4n) is 0.965. The molecule has 4 nitrogen and oxygen atoms in total. The molecular formula is C11H21NO3. The lowest BCUT2D eigenvalue weighted by atomic mass is 10.1. The quantitative estimate of drug-likeness (QED) is 0.703. The topological polar surface area (TPSA) is 58.6 Å². The predicted molar refractivity (Wildman–Crippen MR) is 59.7 cm³/mol. The molecule has 0 saturated carbocycles. The number of aliphatic hydroxyl groups excluding tert-OH is 1. The predicted octanol–water partition coefficient (Wildman–Crippen LogP) is 1.84. The Labute approximate surface area is 91.3 Å². The minimum absolute atomic E-state index is 0.349. The fraction of sp³-hybridized carbons (Fsp3) is 0.727. The van der Waals surface area contributed by atoms with E-state index in [4.69, 9.17) is 4.74 Å². The van der Waals surface area contributed by atoms with Gasteiger partial charge in [-0.25, -0.2) is 4.79 Å². The van der Waals surface area contributed by atoms with Crippen molar-refractivity contribution in [2.24, 2.45) is 0 Å². The first-order chi connectivity index (χ1) is 6.76. The molecule has 0 aromatic carbocycles. The van der Waals surface area contributed by atoms with E-state index in [1.165, 1.54) is 0 Å². The molecule has 1 amide bonds. The lowest BCUT2D eigenvalue weighted by Crippen LogP contribution is -2.43. The van der Waals surface area contributed by atoms with Crippen LogP contribution in [0.3, 0.4) is 0 Å². The van der Waals surface area contributed by atoms with Gasteiger partial charge in [-0.1, -0.05) is 6.08 Å². The maximum atomic E-state index is 11.3. The Balaban J connectivity index is 4.01. The van der Waals surface area contributed by atoms with E-state index in [9.17, 15) is 9.90 Å². The van der Waals surface area contributed by atoms with Crippen LogP contribution < -0.4 is 5.32 Å². The number of aliphatic hydroxyl groups is 1. The highest BCUT2D eigenvalue weighted by Gasteiger charge is 2.20. The van der Waals surface area contributed by atoms with Crippen molar-refractivity contribution in [2.75, 3.05) is 0 Å². The summed E-state index contributed by atoms with van der Waals surface area (Å²) in [6.07, 6.45) is 0.905. The maximum absolute atomic E-state index is 11.3. The van der Waals surface area contributed by atoms with E-state index in [-0.39, 0.29) is 6.04 Å². The molecule has 88 valence electrons. The number of ether oxygens (including phenoxy) is 1. The molecule has 0 heterocycles. The standard InChI is InChI=1S/C11H21NO3/c1-6-7-9(13)8(2)12-10(14)15-11(3,4)5/h6,8-9,13H,1,7H2,2-5H3,(H,12,14). The molecule has 0 aromatic rings. The van der Waals surface area contributed by atoms with Crippen LogP contribution in [0.2, 0.25) is 0 Å². The van der Waals surface area contributed by atoms with Crippen molar-refractivity contribution < 1.29 is 14.6 Å². The van der Waals surface area contributed by atoms with Gasteiger partial charge in [0, 0.05) is 0 Å². The van der Waals surface area contributed by atoms with Crippen molar-refractivity contribution in [3.8, 4) is 0 Å². The van der Waals surface area contributed by atoms with Gasteiger partial charge < -0.3 is 15.2 Å². The third-order valence-corrected chi connectivity index (χ3v) is 1.73. The number of rotatable bonds is 4. The summed E-state index contributed by atoms with van der Waals surface area (Å²) in [4.78, 5) is 11.3. The second kappa shape index (κ2) is 5.75. The monoisotopic (exact) mass is 215 g/mol. The molecule has 0 saturated heterocycles. The van der Waals surface area contributed by atoms with Crippen LogP contribution in [0.1, 0.15) is 34.1 Å². The van der Waals surface area contributed by atoms with Crippen LogP contribution in [0.4, 0.5) is 4.79 Å².